The van der Waals surface area contributed by atoms with Crippen LogP contribution in [0.5, 0.6) is 0 Å². The van der Waals surface area contributed by atoms with E-state index in [0.717, 1.165) is 30.0 Å². The molecule has 3 heterocycles. The summed E-state index contributed by atoms with van der Waals surface area (Å²) >= 11 is 1.55. The highest BCUT2D eigenvalue weighted by molar-refractivity contribution is 7.99. The van der Waals surface area contributed by atoms with Crippen molar-refractivity contribution in [3.8, 4) is 11.4 Å². The van der Waals surface area contributed by atoms with E-state index in [9.17, 15) is 4.79 Å². The average Bonchev–Trinajstić information content (AvgIpc) is 3.24. The van der Waals surface area contributed by atoms with Crippen molar-refractivity contribution in [2.24, 2.45) is 5.92 Å². The van der Waals surface area contributed by atoms with Crippen molar-refractivity contribution in [1.29, 1.82) is 0 Å². The lowest BCUT2D eigenvalue weighted by Gasteiger charge is -2.24. The number of aromatic nitrogens is 3. The number of carbonyl (C=O) groups is 1. The van der Waals surface area contributed by atoms with E-state index >= 15 is 0 Å². The molecule has 0 aromatic carbocycles. The largest absolute Gasteiger partial charge is 0.469 e. The van der Waals surface area contributed by atoms with Gasteiger partial charge in [-0.3, -0.25) is 0 Å². The molecule has 1 fully saturated rings. The SMILES string of the molecule is Cc1occc1-c1nnc(SCC2CCN(C(=O)OC(C)(C)C)C2)n1N. The molecule has 1 aliphatic rings. The molecule has 26 heavy (non-hydrogen) atoms. The van der Waals surface area contributed by atoms with Crippen molar-refractivity contribution in [1.82, 2.24) is 19.8 Å². The highest BCUT2D eigenvalue weighted by Crippen LogP contribution is 2.28. The summed E-state index contributed by atoms with van der Waals surface area (Å²) in [6.45, 7) is 8.90. The number of carbonyl (C=O) groups excluding carboxylic acids is 1. The van der Waals surface area contributed by atoms with Gasteiger partial charge in [-0.15, -0.1) is 10.2 Å². The van der Waals surface area contributed by atoms with Crippen LogP contribution in [0.4, 0.5) is 4.79 Å². The fourth-order valence-corrected chi connectivity index (χ4v) is 3.81. The summed E-state index contributed by atoms with van der Waals surface area (Å²) in [6.07, 6.45) is 2.30. The van der Waals surface area contributed by atoms with Crippen molar-refractivity contribution in [2.75, 3.05) is 24.7 Å². The number of nitrogens with zero attached hydrogens (tertiary/aromatic N) is 4. The lowest BCUT2D eigenvalue weighted by Crippen LogP contribution is -2.35. The molecule has 8 nitrogen and oxygen atoms in total. The van der Waals surface area contributed by atoms with Gasteiger partial charge in [0.15, 0.2) is 5.82 Å². The molecule has 2 aromatic heterocycles. The Hall–Kier alpha value is -2.16. The van der Waals surface area contributed by atoms with Crippen LogP contribution in [0.1, 0.15) is 33.0 Å². The molecular formula is C17H25N5O3S. The first kappa shape index (κ1) is 18.6. The summed E-state index contributed by atoms with van der Waals surface area (Å²) in [6, 6.07) is 1.83. The first-order valence-electron chi connectivity index (χ1n) is 8.60. The van der Waals surface area contributed by atoms with Gasteiger partial charge in [0.05, 0.1) is 11.8 Å². The highest BCUT2D eigenvalue weighted by Gasteiger charge is 2.30. The van der Waals surface area contributed by atoms with Gasteiger partial charge in [-0.05, 0) is 46.1 Å². The topological polar surface area (TPSA) is 99.4 Å². The minimum Gasteiger partial charge on any atom is -0.469 e. The number of likely N-dealkylation sites (tertiary alicyclic amines) is 1. The third kappa shape index (κ3) is 4.14. The summed E-state index contributed by atoms with van der Waals surface area (Å²) in [5.74, 6) is 8.67. The third-order valence-electron chi connectivity index (χ3n) is 4.15. The van der Waals surface area contributed by atoms with Crippen LogP contribution in [-0.4, -0.2) is 50.3 Å². The molecule has 0 aliphatic carbocycles. The molecule has 0 saturated carbocycles. The van der Waals surface area contributed by atoms with E-state index in [4.69, 9.17) is 15.0 Å². The Morgan fingerprint density at radius 1 is 1.46 bits per heavy atom. The summed E-state index contributed by atoms with van der Waals surface area (Å²) in [7, 11) is 0. The van der Waals surface area contributed by atoms with Crippen LogP contribution in [0.3, 0.4) is 0 Å². The Balaban J connectivity index is 1.55. The first-order valence-corrected chi connectivity index (χ1v) is 9.59. The lowest BCUT2D eigenvalue weighted by molar-refractivity contribution is 0.0289. The van der Waals surface area contributed by atoms with E-state index in [0.29, 0.717) is 23.4 Å². The van der Waals surface area contributed by atoms with Crippen LogP contribution >= 0.6 is 11.8 Å². The summed E-state index contributed by atoms with van der Waals surface area (Å²) in [5, 5.41) is 9.00. The molecule has 1 amide bonds. The number of aryl methyl sites for hydroxylation is 1. The van der Waals surface area contributed by atoms with Gasteiger partial charge in [-0.25, -0.2) is 9.47 Å². The van der Waals surface area contributed by atoms with Gasteiger partial charge in [0, 0.05) is 18.8 Å². The molecule has 0 bridgehead atoms. The average molecular weight is 379 g/mol. The van der Waals surface area contributed by atoms with Gasteiger partial charge in [-0.1, -0.05) is 11.8 Å². The number of furan rings is 1. The minimum absolute atomic E-state index is 0.246. The zero-order valence-corrected chi connectivity index (χ0v) is 16.4. The van der Waals surface area contributed by atoms with Crippen molar-refractivity contribution in [2.45, 2.75) is 44.9 Å². The van der Waals surface area contributed by atoms with Gasteiger partial charge >= 0.3 is 6.09 Å². The molecule has 1 unspecified atom stereocenters. The number of amides is 1. The molecule has 0 spiro atoms. The summed E-state index contributed by atoms with van der Waals surface area (Å²) in [5.41, 5.74) is 0.366. The smallest absolute Gasteiger partial charge is 0.410 e. The molecule has 1 atom stereocenters. The Kier molecular flexibility index (Phi) is 5.17. The van der Waals surface area contributed by atoms with Crippen molar-refractivity contribution in [3.05, 3.63) is 18.1 Å². The van der Waals surface area contributed by atoms with E-state index < -0.39 is 5.60 Å². The van der Waals surface area contributed by atoms with Gasteiger partial charge in [0.2, 0.25) is 5.16 Å². The molecule has 1 saturated heterocycles. The van der Waals surface area contributed by atoms with Crippen molar-refractivity contribution in [3.63, 3.8) is 0 Å². The molecule has 142 valence electrons. The molecule has 3 rings (SSSR count). The highest BCUT2D eigenvalue weighted by atomic mass is 32.2. The zero-order chi connectivity index (χ0) is 18.9. The maximum Gasteiger partial charge on any atom is 0.410 e. The number of ether oxygens (including phenoxy) is 1. The second-order valence-corrected chi connectivity index (χ2v) is 8.45. The second kappa shape index (κ2) is 7.22. The Labute approximate surface area is 157 Å². The van der Waals surface area contributed by atoms with Gasteiger partial charge in [0.25, 0.3) is 0 Å². The third-order valence-corrected chi connectivity index (χ3v) is 5.32. The molecule has 9 heteroatoms. The molecular weight excluding hydrogens is 354 g/mol. The van der Waals surface area contributed by atoms with Crippen LogP contribution in [0.25, 0.3) is 11.4 Å². The van der Waals surface area contributed by atoms with Crippen molar-refractivity contribution >= 4 is 17.9 Å². The van der Waals surface area contributed by atoms with Crippen molar-refractivity contribution < 1.29 is 13.9 Å². The predicted molar refractivity (Wildman–Crippen MR) is 99.2 cm³/mol. The second-order valence-electron chi connectivity index (χ2n) is 7.46. The van der Waals surface area contributed by atoms with E-state index in [1.165, 1.54) is 4.68 Å². The number of hydrogen-bond acceptors (Lipinski definition) is 7. The van der Waals surface area contributed by atoms with Crippen LogP contribution < -0.4 is 5.84 Å². The van der Waals surface area contributed by atoms with Crippen LogP contribution in [-0.2, 0) is 4.74 Å². The fraction of sp³-hybridized carbons (Fsp3) is 0.588. The van der Waals surface area contributed by atoms with E-state index in [2.05, 4.69) is 10.2 Å². The number of rotatable bonds is 4. The number of nitrogen functional groups attached to an aromatic ring is 1. The molecule has 2 N–H and O–H groups in total. The number of thioether (sulfide) groups is 1. The Bertz CT molecular complexity index is 780. The van der Waals surface area contributed by atoms with Gasteiger partial charge in [0.1, 0.15) is 11.4 Å². The summed E-state index contributed by atoms with van der Waals surface area (Å²) in [4.78, 5) is 13.9. The Morgan fingerprint density at radius 2 is 2.23 bits per heavy atom. The quantitative estimate of drug-likeness (QED) is 0.644. The van der Waals surface area contributed by atoms with Gasteiger partial charge in [-0.2, -0.15) is 0 Å². The molecule has 2 aromatic rings. The van der Waals surface area contributed by atoms with E-state index in [-0.39, 0.29) is 6.09 Å². The maximum atomic E-state index is 12.1. The monoisotopic (exact) mass is 379 g/mol. The van der Waals surface area contributed by atoms with Crippen LogP contribution in [0, 0.1) is 12.8 Å². The van der Waals surface area contributed by atoms with E-state index in [1.807, 2.05) is 33.8 Å². The molecule has 0 radical (unpaired) electrons. The fourth-order valence-electron chi connectivity index (χ4n) is 2.83. The predicted octanol–water partition coefficient (Wildman–Crippen LogP) is 2.91. The lowest BCUT2D eigenvalue weighted by atomic mass is 10.2. The van der Waals surface area contributed by atoms with E-state index in [1.54, 1.807) is 22.9 Å². The normalized spacial score (nSPS) is 17.7. The van der Waals surface area contributed by atoms with Crippen LogP contribution in [0.2, 0.25) is 0 Å². The summed E-state index contributed by atoms with van der Waals surface area (Å²) < 4.78 is 12.2. The minimum atomic E-state index is -0.471. The zero-order valence-electron chi connectivity index (χ0n) is 15.6. The number of hydrogen-bond donors (Lipinski definition) is 1. The first-order chi connectivity index (χ1) is 12.2. The molecule has 1 aliphatic heterocycles. The maximum absolute atomic E-state index is 12.1. The van der Waals surface area contributed by atoms with Gasteiger partial charge < -0.3 is 19.9 Å². The standard InChI is InChI=1S/C17H25N5O3S/c1-11-13(6-8-24-11)14-19-20-15(22(14)18)26-10-12-5-7-21(9-12)16(23)25-17(2,3)4/h6,8,12H,5,7,9-10,18H2,1-4H3. The Morgan fingerprint density at radius 3 is 2.88 bits per heavy atom. The number of nitrogens with two attached hydrogens (primary N) is 1. The van der Waals surface area contributed by atoms with Crippen LogP contribution in [0.15, 0.2) is 21.9 Å².